The quantitative estimate of drug-likeness (QED) is 0.772. The van der Waals surface area contributed by atoms with E-state index in [9.17, 15) is 0 Å². The molecule has 2 aliphatic rings. The van der Waals surface area contributed by atoms with Gasteiger partial charge in [0.2, 0.25) is 6.79 Å². The molecule has 2 aliphatic heterocycles. The van der Waals surface area contributed by atoms with Crippen LogP contribution in [0.25, 0.3) is 5.70 Å². The molecule has 0 radical (unpaired) electrons. The van der Waals surface area contributed by atoms with Crippen LogP contribution in [0, 0.1) is 0 Å². The van der Waals surface area contributed by atoms with Crippen molar-refractivity contribution in [1.82, 2.24) is 5.32 Å². The van der Waals surface area contributed by atoms with Gasteiger partial charge in [-0.3, -0.25) is 0 Å². The summed E-state index contributed by atoms with van der Waals surface area (Å²) in [6.07, 6.45) is 2.35. The van der Waals surface area contributed by atoms with E-state index in [0.717, 1.165) is 28.3 Å². The van der Waals surface area contributed by atoms with E-state index in [1.807, 2.05) is 48.5 Å². The summed E-state index contributed by atoms with van der Waals surface area (Å²) in [7, 11) is 1.63. The van der Waals surface area contributed by atoms with E-state index in [1.54, 1.807) is 7.11 Å². The third-order valence-electron chi connectivity index (χ3n) is 4.29. The Hall–Kier alpha value is -3.19. The number of nitrogens with one attached hydrogen (secondary N) is 1. The van der Waals surface area contributed by atoms with Crippen molar-refractivity contribution in [2.75, 3.05) is 13.9 Å². The molecule has 5 N–H and O–H groups in total. The number of hydrogen-bond acceptors (Lipinski definition) is 7. The van der Waals surface area contributed by atoms with Gasteiger partial charge in [-0.05, 0) is 35.9 Å². The molecule has 0 fully saturated rings. The zero-order valence-electron chi connectivity index (χ0n) is 14.4. The van der Waals surface area contributed by atoms with E-state index in [0.29, 0.717) is 12.2 Å². The van der Waals surface area contributed by atoms with Crippen molar-refractivity contribution in [3.05, 3.63) is 59.7 Å². The van der Waals surface area contributed by atoms with Crippen molar-refractivity contribution < 1.29 is 14.2 Å². The zero-order chi connectivity index (χ0) is 18.1. The second-order valence-corrected chi connectivity index (χ2v) is 6.27. The van der Waals surface area contributed by atoms with Crippen LogP contribution in [0.15, 0.2) is 53.5 Å². The molecule has 7 heteroatoms. The number of nitrogens with two attached hydrogens (primary N) is 2. The largest absolute Gasteiger partial charge is 0.497 e. The van der Waals surface area contributed by atoms with Crippen LogP contribution in [0.1, 0.15) is 11.1 Å². The van der Waals surface area contributed by atoms with Gasteiger partial charge < -0.3 is 31.0 Å². The molecule has 2 heterocycles. The molecule has 4 rings (SSSR count). The minimum absolute atomic E-state index is 0.238. The van der Waals surface area contributed by atoms with Crippen LogP contribution < -0.4 is 31.0 Å². The zero-order valence-corrected chi connectivity index (χ0v) is 14.4. The van der Waals surface area contributed by atoms with Gasteiger partial charge in [-0.25, -0.2) is 4.99 Å². The monoisotopic (exact) mass is 352 g/mol. The van der Waals surface area contributed by atoms with E-state index < -0.39 is 5.66 Å². The summed E-state index contributed by atoms with van der Waals surface area (Å²) in [5.41, 5.74) is 14.3. The fraction of sp³-hybridized carbons (Fsp3) is 0.211. The van der Waals surface area contributed by atoms with Crippen molar-refractivity contribution in [2.45, 2.75) is 12.1 Å². The summed E-state index contributed by atoms with van der Waals surface area (Å²) in [5, 5.41) is 3.08. The summed E-state index contributed by atoms with van der Waals surface area (Å²) in [4.78, 5) is 4.40. The van der Waals surface area contributed by atoms with Crippen LogP contribution in [0.4, 0.5) is 0 Å². The first-order valence-electron chi connectivity index (χ1n) is 8.22. The summed E-state index contributed by atoms with van der Waals surface area (Å²) in [6.45, 7) is 0.238. The molecule has 2 aromatic carbocycles. The highest BCUT2D eigenvalue weighted by molar-refractivity contribution is 5.90. The summed E-state index contributed by atoms with van der Waals surface area (Å²) in [6, 6.07) is 13.4. The third-order valence-corrected chi connectivity index (χ3v) is 4.29. The maximum absolute atomic E-state index is 6.54. The van der Waals surface area contributed by atoms with Crippen LogP contribution in [0.3, 0.4) is 0 Å². The predicted octanol–water partition coefficient (Wildman–Crippen LogP) is 1.58. The Morgan fingerprint density at radius 1 is 1.19 bits per heavy atom. The van der Waals surface area contributed by atoms with Crippen LogP contribution >= 0.6 is 0 Å². The molecule has 0 aromatic heterocycles. The van der Waals surface area contributed by atoms with Crippen molar-refractivity contribution in [3.8, 4) is 17.2 Å². The molecule has 2 aromatic rings. The van der Waals surface area contributed by atoms with Gasteiger partial charge in [0.1, 0.15) is 11.4 Å². The highest BCUT2D eigenvalue weighted by atomic mass is 16.7. The van der Waals surface area contributed by atoms with Gasteiger partial charge >= 0.3 is 0 Å². The molecule has 26 heavy (non-hydrogen) atoms. The van der Waals surface area contributed by atoms with Crippen molar-refractivity contribution in [2.24, 2.45) is 16.5 Å². The number of hydrogen-bond donors (Lipinski definition) is 3. The summed E-state index contributed by atoms with van der Waals surface area (Å²) in [5.74, 6) is 2.48. The SMILES string of the molecule is COc1cccc(C2=CC(N)(Cc3ccc4c(c3)OCO4)N=C(N)N2)c1. The van der Waals surface area contributed by atoms with Crippen molar-refractivity contribution in [3.63, 3.8) is 0 Å². The number of fused-ring (bicyclic) bond motifs is 1. The normalized spacial score (nSPS) is 20.8. The molecular formula is C19H20N4O3. The van der Waals surface area contributed by atoms with Crippen molar-refractivity contribution >= 4 is 11.7 Å². The van der Waals surface area contributed by atoms with Crippen LogP contribution in [-0.4, -0.2) is 25.5 Å². The highest BCUT2D eigenvalue weighted by Crippen LogP contribution is 2.34. The lowest BCUT2D eigenvalue weighted by Gasteiger charge is -2.29. The van der Waals surface area contributed by atoms with Crippen molar-refractivity contribution in [1.29, 1.82) is 0 Å². The molecule has 0 saturated carbocycles. The highest BCUT2D eigenvalue weighted by Gasteiger charge is 2.28. The van der Waals surface area contributed by atoms with E-state index in [4.69, 9.17) is 25.7 Å². The molecule has 0 aliphatic carbocycles. The van der Waals surface area contributed by atoms with Crippen LogP contribution in [-0.2, 0) is 6.42 Å². The fourth-order valence-corrected chi connectivity index (χ4v) is 3.12. The lowest BCUT2D eigenvalue weighted by atomic mass is 9.96. The van der Waals surface area contributed by atoms with Gasteiger partial charge in [-0.2, -0.15) is 0 Å². The molecule has 0 saturated heterocycles. The Bertz CT molecular complexity index is 909. The second-order valence-electron chi connectivity index (χ2n) is 6.27. The Morgan fingerprint density at radius 3 is 2.88 bits per heavy atom. The first-order valence-corrected chi connectivity index (χ1v) is 8.22. The number of methoxy groups -OCH3 is 1. The van der Waals surface area contributed by atoms with Gasteiger partial charge in [0, 0.05) is 17.7 Å². The average molecular weight is 352 g/mol. The summed E-state index contributed by atoms with van der Waals surface area (Å²) >= 11 is 0. The first kappa shape index (κ1) is 16.3. The summed E-state index contributed by atoms with van der Waals surface area (Å²) < 4.78 is 16.1. The van der Waals surface area contributed by atoms with E-state index >= 15 is 0 Å². The molecule has 1 atom stereocenters. The lowest BCUT2D eigenvalue weighted by Crippen LogP contribution is -2.47. The fourth-order valence-electron chi connectivity index (χ4n) is 3.12. The smallest absolute Gasteiger partial charge is 0.231 e. The molecule has 7 nitrogen and oxygen atoms in total. The maximum atomic E-state index is 6.54. The van der Waals surface area contributed by atoms with Gasteiger partial charge in [0.05, 0.1) is 7.11 Å². The van der Waals surface area contributed by atoms with Crippen LogP contribution in [0.5, 0.6) is 17.2 Å². The second kappa shape index (κ2) is 6.27. The average Bonchev–Trinajstić information content (AvgIpc) is 3.08. The molecular weight excluding hydrogens is 332 g/mol. The number of guanidine groups is 1. The Balaban J connectivity index is 1.64. The number of ether oxygens (including phenoxy) is 3. The molecule has 0 bridgehead atoms. The molecule has 0 spiro atoms. The minimum atomic E-state index is -0.971. The van der Waals surface area contributed by atoms with E-state index in [1.165, 1.54) is 0 Å². The molecule has 0 amide bonds. The van der Waals surface area contributed by atoms with Crippen LogP contribution in [0.2, 0.25) is 0 Å². The first-order chi connectivity index (χ1) is 12.5. The van der Waals surface area contributed by atoms with E-state index in [-0.39, 0.29) is 12.8 Å². The van der Waals surface area contributed by atoms with Gasteiger partial charge in [-0.15, -0.1) is 0 Å². The molecule has 134 valence electrons. The standard InChI is InChI=1S/C19H20N4O3/c1-24-14-4-2-3-13(8-14)15-10-19(21,23-18(20)22-15)9-12-5-6-16-17(7-12)26-11-25-16/h2-8,10H,9,11,21H2,1H3,(H3,20,22,23). The molecule has 1 unspecified atom stereocenters. The number of aliphatic imine (C=N–C) groups is 1. The van der Waals surface area contributed by atoms with Gasteiger partial charge in [0.25, 0.3) is 0 Å². The Kier molecular flexibility index (Phi) is 3.93. The van der Waals surface area contributed by atoms with Gasteiger partial charge in [0.15, 0.2) is 17.5 Å². The minimum Gasteiger partial charge on any atom is -0.497 e. The lowest BCUT2D eigenvalue weighted by molar-refractivity contribution is 0.174. The number of rotatable bonds is 4. The number of benzene rings is 2. The van der Waals surface area contributed by atoms with E-state index in [2.05, 4.69) is 10.3 Å². The predicted molar refractivity (Wildman–Crippen MR) is 98.9 cm³/mol. The Morgan fingerprint density at radius 2 is 2.04 bits per heavy atom. The maximum Gasteiger partial charge on any atom is 0.231 e. The van der Waals surface area contributed by atoms with Gasteiger partial charge in [-0.1, -0.05) is 18.2 Å². The Labute approximate surface area is 151 Å². The number of nitrogens with zero attached hydrogens (tertiary/aromatic N) is 1. The third kappa shape index (κ3) is 3.16. The topological polar surface area (TPSA) is 104 Å².